The van der Waals surface area contributed by atoms with E-state index in [1.807, 2.05) is 18.4 Å². The highest BCUT2D eigenvalue weighted by molar-refractivity contribution is 7.86. The second-order valence-corrected chi connectivity index (χ2v) is 9.44. The molecule has 1 saturated heterocycles. The Balaban J connectivity index is 1.93. The molecule has 162 valence electrons. The zero-order chi connectivity index (χ0) is 21.4. The van der Waals surface area contributed by atoms with Gasteiger partial charge in [0, 0.05) is 25.7 Å². The molecule has 2 atom stereocenters. The number of anilines is 2. The molecule has 2 unspecified atom stereocenters. The van der Waals surface area contributed by atoms with Crippen LogP contribution in [0.2, 0.25) is 0 Å². The lowest BCUT2D eigenvalue weighted by Gasteiger charge is -2.29. The largest absolute Gasteiger partial charge is 0.388 e. The quantitative estimate of drug-likeness (QED) is 0.476. The first-order valence-corrected chi connectivity index (χ1v) is 11.3. The van der Waals surface area contributed by atoms with Crippen LogP contribution in [0, 0.1) is 0 Å². The van der Waals surface area contributed by atoms with E-state index >= 15 is 0 Å². The van der Waals surface area contributed by atoms with Gasteiger partial charge in [0.25, 0.3) is 10.2 Å². The van der Waals surface area contributed by atoms with E-state index in [0.717, 1.165) is 0 Å². The van der Waals surface area contributed by atoms with Gasteiger partial charge in [0.05, 0.1) is 18.0 Å². The molecule has 0 saturated carbocycles. The summed E-state index contributed by atoms with van der Waals surface area (Å²) in [5.74, 6) is 0.905. The van der Waals surface area contributed by atoms with Crippen molar-refractivity contribution in [3.8, 4) is 0 Å². The summed E-state index contributed by atoms with van der Waals surface area (Å²) in [7, 11) is -3.71. The fraction of sp³-hybridized carbons (Fsp3) is 0.706. The third-order valence-corrected chi connectivity index (χ3v) is 6.27. The number of aliphatic hydroxyl groups is 1. The minimum Gasteiger partial charge on any atom is -0.388 e. The number of nitrogens with one attached hydrogen (secondary N) is 2. The Bertz CT molecular complexity index is 969. The van der Waals surface area contributed by atoms with Gasteiger partial charge in [-0.1, -0.05) is 6.92 Å². The van der Waals surface area contributed by atoms with Crippen LogP contribution in [0.4, 0.5) is 11.8 Å². The molecule has 0 spiro atoms. The van der Waals surface area contributed by atoms with E-state index in [1.54, 1.807) is 20.2 Å². The normalized spacial score (nSPS) is 19.6. The standard InChI is InChI=1S/C17H30N8O3S/c1-5-12(17(3,4)26)21-16-22-14(13-15(23-16)24(6-2)10-19-13)20-11-7-8-25(9-11)29(18,27)28/h10-12,26H,5-9H2,1-4H3,(H2,18,27,28)(H2,20,21,22,23). The highest BCUT2D eigenvalue weighted by Crippen LogP contribution is 2.25. The van der Waals surface area contributed by atoms with Gasteiger partial charge in [0.15, 0.2) is 17.0 Å². The van der Waals surface area contributed by atoms with Crippen molar-refractivity contribution in [3.63, 3.8) is 0 Å². The van der Waals surface area contributed by atoms with Crippen molar-refractivity contribution < 1.29 is 13.5 Å². The van der Waals surface area contributed by atoms with E-state index in [-0.39, 0.29) is 18.6 Å². The van der Waals surface area contributed by atoms with Crippen LogP contribution < -0.4 is 15.8 Å². The zero-order valence-electron chi connectivity index (χ0n) is 17.3. The van der Waals surface area contributed by atoms with Gasteiger partial charge in [-0.3, -0.25) is 0 Å². The van der Waals surface area contributed by atoms with Gasteiger partial charge in [0.2, 0.25) is 5.95 Å². The Kier molecular flexibility index (Phi) is 5.99. The topological polar surface area (TPSA) is 151 Å². The minimum absolute atomic E-state index is 0.137. The fourth-order valence-electron chi connectivity index (χ4n) is 3.55. The number of aryl methyl sites for hydroxylation is 1. The lowest BCUT2D eigenvalue weighted by atomic mass is 9.97. The van der Waals surface area contributed by atoms with Crippen molar-refractivity contribution in [1.29, 1.82) is 0 Å². The molecule has 0 bridgehead atoms. The first-order chi connectivity index (χ1) is 13.5. The lowest BCUT2D eigenvalue weighted by Crippen LogP contribution is -2.41. The smallest absolute Gasteiger partial charge is 0.276 e. The van der Waals surface area contributed by atoms with Crippen molar-refractivity contribution in [3.05, 3.63) is 6.33 Å². The predicted molar refractivity (Wildman–Crippen MR) is 112 cm³/mol. The monoisotopic (exact) mass is 426 g/mol. The van der Waals surface area contributed by atoms with Crippen LogP contribution in [0.15, 0.2) is 6.33 Å². The summed E-state index contributed by atoms with van der Waals surface area (Å²) in [6, 6.07) is -0.377. The third kappa shape index (κ3) is 4.77. The van der Waals surface area contributed by atoms with Crippen LogP contribution >= 0.6 is 0 Å². The third-order valence-electron chi connectivity index (χ3n) is 5.22. The number of hydrogen-bond donors (Lipinski definition) is 4. The van der Waals surface area contributed by atoms with Gasteiger partial charge in [-0.25, -0.2) is 10.1 Å². The molecule has 12 heteroatoms. The van der Waals surface area contributed by atoms with Gasteiger partial charge in [-0.15, -0.1) is 0 Å². The number of nitrogens with two attached hydrogens (primary N) is 1. The Morgan fingerprint density at radius 1 is 1.38 bits per heavy atom. The summed E-state index contributed by atoms with van der Waals surface area (Å²) < 4.78 is 26.3. The lowest BCUT2D eigenvalue weighted by molar-refractivity contribution is 0.0577. The molecule has 2 aromatic heterocycles. The average molecular weight is 427 g/mol. The molecule has 0 aliphatic carbocycles. The first-order valence-electron chi connectivity index (χ1n) is 9.79. The molecule has 0 radical (unpaired) electrons. The molecule has 29 heavy (non-hydrogen) atoms. The Morgan fingerprint density at radius 2 is 2.10 bits per heavy atom. The molecule has 3 rings (SSSR count). The fourth-order valence-corrected chi connectivity index (χ4v) is 4.29. The number of aromatic nitrogens is 4. The number of imidazole rings is 1. The number of rotatable bonds is 8. The summed E-state index contributed by atoms with van der Waals surface area (Å²) >= 11 is 0. The van der Waals surface area contributed by atoms with E-state index in [9.17, 15) is 13.5 Å². The Labute approximate surface area is 170 Å². The second-order valence-electron chi connectivity index (χ2n) is 7.89. The summed E-state index contributed by atoms with van der Waals surface area (Å²) in [6.07, 6.45) is 3.00. The minimum atomic E-state index is -3.71. The highest BCUT2D eigenvalue weighted by atomic mass is 32.2. The second kappa shape index (κ2) is 8.01. The number of hydrogen-bond acceptors (Lipinski definition) is 8. The molecular formula is C17H30N8O3S. The van der Waals surface area contributed by atoms with Crippen LogP contribution in [0.3, 0.4) is 0 Å². The first kappa shape index (κ1) is 21.7. The summed E-state index contributed by atoms with van der Waals surface area (Å²) in [5.41, 5.74) is 0.328. The van der Waals surface area contributed by atoms with Crippen LogP contribution in [-0.4, -0.2) is 68.1 Å². The van der Waals surface area contributed by atoms with Crippen LogP contribution in [0.5, 0.6) is 0 Å². The van der Waals surface area contributed by atoms with Crippen molar-refractivity contribution in [2.75, 3.05) is 23.7 Å². The Morgan fingerprint density at radius 3 is 2.66 bits per heavy atom. The number of fused-ring (bicyclic) bond motifs is 1. The average Bonchev–Trinajstić information content (AvgIpc) is 3.25. The molecule has 3 heterocycles. The summed E-state index contributed by atoms with van der Waals surface area (Å²) in [5, 5.41) is 22.2. The van der Waals surface area contributed by atoms with Crippen LogP contribution in [0.1, 0.15) is 40.5 Å². The summed E-state index contributed by atoms with van der Waals surface area (Å²) in [6.45, 7) is 8.77. The molecule has 11 nitrogen and oxygen atoms in total. The van der Waals surface area contributed by atoms with Crippen LogP contribution in [-0.2, 0) is 16.8 Å². The molecule has 0 amide bonds. The maximum Gasteiger partial charge on any atom is 0.276 e. The van der Waals surface area contributed by atoms with Gasteiger partial charge in [-0.2, -0.15) is 22.7 Å². The van der Waals surface area contributed by atoms with Crippen molar-refractivity contribution >= 4 is 33.1 Å². The van der Waals surface area contributed by atoms with Gasteiger partial charge < -0.3 is 20.3 Å². The van der Waals surface area contributed by atoms with E-state index in [4.69, 9.17) is 5.14 Å². The van der Waals surface area contributed by atoms with E-state index in [2.05, 4.69) is 25.6 Å². The molecule has 5 N–H and O–H groups in total. The Hall–Kier alpha value is -2.02. The SMILES string of the molecule is CCC(Nc1nc(NC2CCN(S(N)(=O)=O)C2)c2ncn(CC)c2n1)C(C)(C)O. The molecule has 0 aromatic carbocycles. The maximum atomic E-state index is 11.6. The van der Waals surface area contributed by atoms with E-state index in [0.29, 0.717) is 48.9 Å². The van der Waals surface area contributed by atoms with E-state index in [1.165, 1.54) is 4.31 Å². The molecule has 1 aliphatic rings. The van der Waals surface area contributed by atoms with Gasteiger partial charge >= 0.3 is 0 Å². The van der Waals surface area contributed by atoms with Crippen molar-refractivity contribution in [1.82, 2.24) is 23.8 Å². The van der Waals surface area contributed by atoms with Gasteiger partial charge in [0.1, 0.15) is 0 Å². The highest BCUT2D eigenvalue weighted by Gasteiger charge is 2.30. The number of nitrogens with zero attached hydrogens (tertiary/aromatic N) is 5. The zero-order valence-corrected chi connectivity index (χ0v) is 18.1. The van der Waals surface area contributed by atoms with E-state index < -0.39 is 15.8 Å². The van der Waals surface area contributed by atoms with Crippen LogP contribution in [0.25, 0.3) is 11.2 Å². The summed E-state index contributed by atoms with van der Waals surface area (Å²) in [4.78, 5) is 13.6. The molecular weight excluding hydrogens is 396 g/mol. The molecule has 1 fully saturated rings. The van der Waals surface area contributed by atoms with Gasteiger partial charge in [-0.05, 0) is 33.6 Å². The maximum absolute atomic E-state index is 11.6. The molecule has 1 aliphatic heterocycles. The van der Waals surface area contributed by atoms with Crippen molar-refractivity contribution in [2.24, 2.45) is 5.14 Å². The van der Waals surface area contributed by atoms with Crippen molar-refractivity contribution in [2.45, 2.75) is 64.8 Å². The predicted octanol–water partition coefficient (Wildman–Crippen LogP) is 0.497. The molecule has 2 aromatic rings.